The maximum absolute atomic E-state index is 11.5. The summed E-state index contributed by atoms with van der Waals surface area (Å²) in [6.07, 6.45) is 0. The number of carboxylic acid groups (broad SMARTS) is 3. The van der Waals surface area contributed by atoms with Crippen molar-refractivity contribution in [3.8, 4) is 0 Å². The van der Waals surface area contributed by atoms with Crippen LogP contribution >= 0.6 is 0 Å². The van der Waals surface area contributed by atoms with E-state index in [2.05, 4.69) is 0 Å². The molecule has 0 saturated carbocycles. The number of rotatable bonds is 8. The van der Waals surface area contributed by atoms with Crippen molar-refractivity contribution in [2.24, 2.45) is 0 Å². The van der Waals surface area contributed by atoms with Gasteiger partial charge in [-0.15, -0.1) is 0 Å². The van der Waals surface area contributed by atoms with E-state index < -0.39 is 48.1 Å². The molecular weight excluding hydrogens is 262 g/mol. The van der Waals surface area contributed by atoms with Crippen LogP contribution in [0.25, 0.3) is 0 Å². The van der Waals surface area contributed by atoms with Crippen molar-refractivity contribution >= 4 is 29.5 Å². The van der Waals surface area contributed by atoms with Crippen LogP contribution in [0.4, 0.5) is 0 Å². The molecule has 0 aromatic heterocycles. The molecule has 0 bridgehead atoms. The summed E-state index contributed by atoms with van der Waals surface area (Å²) < 4.78 is 0. The lowest BCUT2D eigenvalue weighted by molar-refractivity contribution is -0.164. The van der Waals surface area contributed by atoms with E-state index in [1.165, 1.54) is 0 Å². The van der Waals surface area contributed by atoms with Crippen LogP contribution in [0.2, 0.25) is 0 Å². The first-order valence-corrected chi connectivity index (χ1v) is 5.00. The number of Topliss-reactive ketones (excluding diaryl/α,β-unsaturated/α-hetero) is 2. The summed E-state index contributed by atoms with van der Waals surface area (Å²) in [6.45, 7) is -0.575. The Balaban J connectivity index is 5.92. The summed E-state index contributed by atoms with van der Waals surface area (Å²) in [7, 11) is 0. The monoisotopic (exact) mass is 275 g/mol. The minimum Gasteiger partial charge on any atom is -0.480 e. The second-order valence-corrected chi connectivity index (χ2v) is 3.77. The van der Waals surface area contributed by atoms with E-state index in [0.29, 0.717) is 4.90 Å². The Morgan fingerprint density at radius 2 is 1.16 bits per heavy atom. The van der Waals surface area contributed by atoms with Crippen LogP contribution < -0.4 is 0 Å². The first kappa shape index (κ1) is 16.7. The predicted octanol–water partition coefficient (Wildman–Crippen LogP) is -1.54. The molecule has 0 aliphatic heterocycles. The second-order valence-electron chi connectivity index (χ2n) is 3.77. The maximum atomic E-state index is 11.5. The van der Waals surface area contributed by atoms with Gasteiger partial charge in [0, 0.05) is 0 Å². The van der Waals surface area contributed by atoms with Gasteiger partial charge in [-0.2, -0.15) is 0 Å². The molecule has 19 heavy (non-hydrogen) atoms. The number of hydrogen-bond donors (Lipinski definition) is 3. The summed E-state index contributed by atoms with van der Waals surface area (Å²) in [5, 5.41) is 26.4. The van der Waals surface area contributed by atoms with E-state index in [4.69, 9.17) is 15.3 Å². The number of ketones is 2. The van der Waals surface area contributed by atoms with E-state index in [1.807, 2.05) is 0 Å². The number of nitrogens with zero attached hydrogens (tertiary/aromatic N) is 1. The van der Waals surface area contributed by atoms with Crippen molar-refractivity contribution in [3.05, 3.63) is 0 Å². The van der Waals surface area contributed by atoms with Crippen LogP contribution in [0.15, 0.2) is 0 Å². The molecule has 3 N–H and O–H groups in total. The standard InChI is InChI=1S/C10H13NO8/c1-5(12)10(6(2)13,9(18)19)11(3-7(14)15)4-8(16)17/h3-4H2,1-2H3,(H,14,15)(H,16,17)(H,18,19). The van der Waals surface area contributed by atoms with E-state index in [9.17, 15) is 24.0 Å². The van der Waals surface area contributed by atoms with Crippen LogP contribution in [0.3, 0.4) is 0 Å². The van der Waals surface area contributed by atoms with Gasteiger partial charge in [-0.3, -0.25) is 24.1 Å². The molecule has 0 aliphatic carbocycles. The lowest BCUT2D eigenvalue weighted by Gasteiger charge is -2.34. The molecule has 0 atom stereocenters. The summed E-state index contributed by atoms with van der Waals surface area (Å²) >= 11 is 0. The molecule has 0 radical (unpaired) electrons. The van der Waals surface area contributed by atoms with Crippen molar-refractivity contribution < 1.29 is 39.3 Å². The normalized spacial score (nSPS) is 11.1. The molecule has 0 rings (SSSR count). The third-order valence-corrected chi connectivity index (χ3v) is 2.46. The highest BCUT2D eigenvalue weighted by molar-refractivity contribution is 6.26. The van der Waals surface area contributed by atoms with Gasteiger partial charge < -0.3 is 15.3 Å². The number of hydrogen-bond acceptors (Lipinski definition) is 6. The highest BCUT2D eigenvalue weighted by Crippen LogP contribution is 2.19. The average molecular weight is 275 g/mol. The Hall–Kier alpha value is -2.29. The Labute approximate surface area is 107 Å². The van der Waals surface area contributed by atoms with E-state index in [0.717, 1.165) is 13.8 Å². The first-order chi connectivity index (χ1) is 8.56. The van der Waals surface area contributed by atoms with Gasteiger partial charge in [0.15, 0.2) is 11.6 Å². The van der Waals surface area contributed by atoms with Crippen molar-refractivity contribution in [1.29, 1.82) is 0 Å². The summed E-state index contributed by atoms with van der Waals surface area (Å²) in [6, 6.07) is 0. The second kappa shape index (κ2) is 6.05. The summed E-state index contributed by atoms with van der Waals surface area (Å²) in [4.78, 5) is 55.9. The van der Waals surface area contributed by atoms with Gasteiger partial charge in [0.05, 0.1) is 13.1 Å². The maximum Gasteiger partial charge on any atom is 0.339 e. The van der Waals surface area contributed by atoms with Crippen molar-refractivity contribution in [2.75, 3.05) is 13.1 Å². The van der Waals surface area contributed by atoms with Crippen molar-refractivity contribution in [1.82, 2.24) is 4.90 Å². The minimum absolute atomic E-state index is 0.310. The van der Waals surface area contributed by atoms with E-state index in [-0.39, 0.29) is 0 Å². The lowest BCUT2D eigenvalue weighted by Crippen LogP contribution is -2.65. The summed E-state index contributed by atoms with van der Waals surface area (Å²) in [5.41, 5.74) is -2.81. The number of aliphatic carboxylic acids is 3. The zero-order valence-corrected chi connectivity index (χ0v) is 10.2. The lowest BCUT2D eigenvalue weighted by atomic mass is 9.88. The van der Waals surface area contributed by atoms with Crippen LogP contribution in [0.1, 0.15) is 13.8 Å². The molecule has 9 nitrogen and oxygen atoms in total. The van der Waals surface area contributed by atoms with Crippen molar-refractivity contribution in [2.45, 2.75) is 19.4 Å². The largest absolute Gasteiger partial charge is 0.480 e. The molecule has 0 aromatic carbocycles. The van der Waals surface area contributed by atoms with Crippen LogP contribution in [0, 0.1) is 0 Å². The van der Waals surface area contributed by atoms with Gasteiger partial charge in [0.2, 0.25) is 5.54 Å². The Kier molecular flexibility index (Phi) is 5.32. The van der Waals surface area contributed by atoms with Gasteiger partial charge in [0.1, 0.15) is 0 Å². The van der Waals surface area contributed by atoms with Gasteiger partial charge >= 0.3 is 17.9 Å². The van der Waals surface area contributed by atoms with Crippen molar-refractivity contribution in [3.63, 3.8) is 0 Å². The molecule has 0 aromatic rings. The predicted molar refractivity (Wildman–Crippen MR) is 58.6 cm³/mol. The molecule has 0 amide bonds. The van der Waals surface area contributed by atoms with Gasteiger partial charge in [0.25, 0.3) is 0 Å². The fourth-order valence-corrected chi connectivity index (χ4v) is 1.75. The Morgan fingerprint density at radius 3 is 1.32 bits per heavy atom. The van der Waals surface area contributed by atoms with E-state index >= 15 is 0 Å². The third kappa shape index (κ3) is 3.35. The van der Waals surface area contributed by atoms with Gasteiger partial charge in [-0.1, -0.05) is 0 Å². The quantitative estimate of drug-likeness (QED) is 0.448. The molecule has 0 heterocycles. The minimum atomic E-state index is -2.81. The highest BCUT2D eigenvalue weighted by Gasteiger charge is 2.54. The molecule has 9 heteroatoms. The van der Waals surface area contributed by atoms with E-state index in [1.54, 1.807) is 0 Å². The third-order valence-electron chi connectivity index (χ3n) is 2.46. The molecular formula is C10H13NO8. The average Bonchev–Trinajstić information content (AvgIpc) is 2.13. The Morgan fingerprint density at radius 1 is 0.842 bits per heavy atom. The molecule has 0 unspecified atom stereocenters. The molecule has 0 saturated heterocycles. The zero-order chi connectivity index (χ0) is 15.4. The van der Waals surface area contributed by atoms with Crippen LogP contribution in [0.5, 0.6) is 0 Å². The highest BCUT2D eigenvalue weighted by atomic mass is 16.4. The first-order valence-electron chi connectivity index (χ1n) is 5.00. The zero-order valence-electron chi connectivity index (χ0n) is 10.2. The van der Waals surface area contributed by atoms with Gasteiger partial charge in [-0.25, -0.2) is 4.79 Å². The number of carbonyl (C=O) groups is 5. The summed E-state index contributed by atoms with van der Waals surface area (Å²) in [5.74, 6) is -7.34. The fourth-order valence-electron chi connectivity index (χ4n) is 1.75. The van der Waals surface area contributed by atoms with Crippen LogP contribution in [-0.4, -0.2) is 68.3 Å². The fraction of sp³-hybridized carbons (Fsp3) is 0.500. The molecule has 0 aliphatic rings. The SMILES string of the molecule is CC(=O)C(C(C)=O)(C(=O)O)N(CC(=O)O)CC(=O)O. The van der Waals surface area contributed by atoms with Gasteiger partial charge in [-0.05, 0) is 13.8 Å². The number of carboxylic acids is 3. The van der Waals surface area contributed by atoms with Crippen LogP contribution in [-0.2, 0) is 24.0 Å². The molecule has 106 valence electrons. The Bertz CT molecular complexity index is 389. The number of carbonyl (C=O) groups excluding carboxylic acids is 2. The molecule has 0 fully saturated rings. The smallest absolute Gasteiger partial charge is 0.339 e. The topological polar surface area (TPSA) is 149 Å². The molecule has 0 spiro atoms.